The highest BCUT2D eigenvalue weighted by molar-refractivity contribution is 7.92. The van der Waals surface area contributed by atoms with Crippen LogP contribution < -0.4 is 16.2 Å². The minimum absolute atomic E-state index is 0.204. The fourth-order valence-corrected chi connectivity index (χ4v) is 4.93. The van der Waals surface area contributed by atoms with E-state index in [0.29, 0.717) is 36.4 Å². The highest BCUT2D eigenvalue weighted by Gasteiger charge is 2.31. The molecular formula is C23H26N6O3S. The number of nitrogens with zero attached hydrogens (tertiary/aromatic N) is 3. The van der Waals surface area contributed by atoms with Crippen molar-refractivity contribution in [2.24, 2.45) is 5.73 Å². The average molecular weight is 467 g/mol. The molecule has 33 heavy (non-hydrogen) atoms. The summed E-state index contributed by atoms with van der Waals surface area (Å²) in [6.07, 6.45) is 1.36. The lowest BCUT2D eigenvalue weighted by molar-refractivity contribution is 0.258. The van der Waals surface area contributed by atoms with Crippen molar-refractivity contribution >= 4 is 21.7 Å². The van der Waals surface area contributed by atoms with Crippen LogP contribution in [0.1, 0.15) is 24.4 Å². The number of amidine groups is 1. The maximum atomic E-state index is 12.3. The fraction of sp³-hybridized carbons (Fsp3) is 0.217. The molecule has 2 aromatic carbocycles. The summed E-state index contributed by atoms with van der Waals surface area (Å²) < 4.78 is 33.3. The number of nitrogens with two attached hydrogens (primary N) is 2. The van der Waals surface area contributed by atoms with Gasteiger partial charge in [0.1, 0.15) is 28.8 Å². The maximum Gasteiger partial charge on any atom is 0.235 e. The van der Waals surface area contributed by atoms with Crippen LogP contribution in [0.25, 0.3) is 11.3 Å². The number of sulfonamides is 1. The highest BCUT2D eigenvalue weighted by atomic mass is 32.2. The van der Waals surface area contributed by atoms with Gasteiger partial charge in [-0.05, 0) is 49.2 Å². The lowest BCUT2D eigenvalue weighted by Crippen LogP contribution is -2.40. The summed E-state index contributed by atoms with van der Waals surface area (Å²) in [6, 6.07) is 16.4. The molecule has 1 atom stereocenters. The minimum Gasteiger partial charge on any atom is -0.457 e. The topological polar surface area (TPSA) is 140 Å². The Bertz CT molecular complexity index is 1270. The first kappa shape index (κ1) is 22.6. The molecule has 1 aromatic heterocycles. The number of nitrogens with one attached hydrogen (secondary N) is 1. The van der Waals surface area contributed by atoms with E-state index in [1.54, 1.807) is 16.8 Å². The highest BCUT2D eigenvalue weighted by Crippen LogP contribution is 2.33. The number of ether oxygens (including phenoxy) is 1. The van der Waals surface area contributed by atoms with E-state index in [1.165, 1.54) is 4.31 Å². The van der Waals surface area contributed by atoms with Crippen LogP contribution in [0.5, 0.6) is 11.5 Å². The van der Waals surface area contributed by atoms with Gasteiger partial charge < -0.3 is 16.2 Å². The van der Waals surface area contributed by atoms with Crippen molar-refractivity contribution < 1.29 is 13.2 Å². The molecular weight excluding hydrogens is 440 g/mol. The normalized spacial score (nSPS) is 16.9. The summed E-state index contributed by atoms with van der Waals surface area (Å²) in [5, 5.41) is 13.7. The zero-order valence-corrected chi connectivity index (χ0v) is 18.8. The Morgan fingerprint density at radius 3 is 2.45 bits per heavy atom. The first-order chi connectivity index (χ1) is 15.8. The fourth-order valence-electron chi connectivity index (χ4n) is 3.96. The first-order valence-electron chi connectivity index (χ1n) is 10.5. The molecule has 5 N–H and O–H groups in total. The number of nitrogen functional groups attached to an aromatic ring is 2. The Hall–Kier alpha value is -3.63. The van der Waals surface area contributed by atoms with E-state index in [4.69, 9.17) is 21.6 Å². The second-order valence-corrected chi connectivity index (χ2v) is 9.65. The number of hydrogen-bond donors (Lipinski definition) is 3. The lowest BCUT2D eigenvalue weighted by Gasteiger charge is -2.31. The number of anilines is 1. The van der Waals surface area contributed by atoms with Crippen LogP contribution in [-0.4, -0.2) is 41.4 Å². The molecule has 3 aromatic rings. The largest absolute Gasteiger partial charge is 0.457 e. The Labute approximate surface area is 192 Å². The van der Waals surface area contributed by atoms with E-state index in [2.05, 4.69) is 11.7 Å². The molecule has 172 valence electrons. The van der Waals surface area contributed by atoms with Crippen LogP contribution >= 0.6 is 0 Å². The third-order valence-electron chi connectivity index (χ3n) is 5.60. The molecule has 1 unspecified atom stereocenters. The molecule has 4 rings (SSSR count). The van der Waals surface area contributed by atoms with Gasteiger partial charge in [-0.15, -0.1) is 0 Å². The quantitative estimate of drug-likeness (QED) is 0.360. The molecule has 2 heterocycles. The van der Waals surface area contributed by atoms with E-state index in [1.807, 2.05) is 42.5 Å². The van der Waals surface area contributed by atoms with E-state index < -0.39 is 10.0 Å². The van der Waals surface area contributed by atoms with Crippen LogP contribution in [0.3, 0.4) is 0 Å². The van der Waals surface area contributed by atoms with Crippen molar-refractivity contribution in [3.05, 3.63) is 72.1 Å². The molecule has 1 aliphatic rings. The van der Waals surface area contributed by atoms with E-state index in [-0.39, 0.29) is 24.2 Å². The molecule has 0 radical (unpaired) electrons. The molecule has 0 saturated carbocycles. The summed E-state index contributed by atoms with van der Waals surface area (Å²) in [5.74, 6) is 1.41. The zero-order valence-electron chi connectivity index (χ0n) is 18.0. The number of piperidine rings is 1. The van der Waals surface area contributed by atoms with Gasteiger partial charge in [0.15, 0.2) is 0 Å². The molecule has 0 aliphatic carbocycles. The van der Waals surface area contributed by atoms with Gasteiger partial charge in [0.2, 0.25) is 10.0 Å². The van der Waals surface area contributed by atoms with E-state index in [0.717, 1.165) is 16.7 Å². The van der Waals surface area contributed by atoms with Crippen molar-refractivity contribution in [3.63, 3.8) is 0 Å². The van der Waals surface area contributed by atoms with Crippen molar-refractivity contribution in [2.75, 3.05) is 18.8 Å². The Morgan fingerprint density at radius 2 is 1.82 bits per heavy atom. The standard InChI is InChI=1S/C23H26N6O3S/c1-2-33(30,31)28-14-6-7-17(15-28)29-23(26)20(22(24)25)21(27-29)16-10-12-19(13-11-16)32-18-8-4-3-5-9-18/h2-5,8-13,17H,1,6-7,14-15,26H2,(H3,24,25). The molecule has 0 amide bonds. The summed E-state index contributed by atoms with van der Waals surface area (Å²) in [5.41, 5.74) is 13.7. The number of aromatic nitrogens is 2. The van der Waals surface area contributed by atoms with Crippen molar-refractivity contribution in [1.29, 1.82) is 5.41 Å². The first-order valence-corrected chi connectivity index (χ1v) is 12.0. The van der Waals surface area contributed by atoms with Crippen molar-refractivity contribution in [2.45, 2.75) is 18.9 Å². The van der Waals surface area contributed by atoms with Gasteiger partial charge >= 0.3 is 0 Å². The zero-order chi connectivity index (χ0) is 23.6. The third-order valence-corrected chi connectivity index (χ3v) is 7.07. The number of benzene rings is 2. The Morgan fingerprint density at radius 1 is 1.15 bits per heavy atom. The Balaban J connectivity index is 1.65. The summed E-state index contributed by atoms with van der Waals surface area (Å²) >= 11 is 0. The molecule has 9 nitrogen and oxygen atoms in total. The van der Waals surface area contributed by atoms with Crippen LogP contribution in [0.4, 0.5) is 5.82 Å². The van der Waals surface area contributed by atoms with E-state index in [9.17, 15) is 8.42 Å². The van der Waals surface area contributed by atoms with Crippen molar-refractivity contribution in [1.82, 2.24) is 14.1 Å². The minimum atomic E-state index is -3.54. The number of rotatable bonds is 7. The van der Waals surface area contributed by atoms with Gasteiger partial charge in [0.05, 0.1) is 11.6 Å². The predicted molar refractivity (Wildman–Crippen MR) is 129 cm³/mol. The van der Waals surface area contributed by atoms with Gasteiger partial charge in [0, 0.05) is 24.1 Å². The monoisotopic (exact) mass is 466 g/mol. The smallest absolute Gasteiger partial charge is 0.235 e. The third kappa shape index (κ3) is 4.62. The number of para-hydroxylation sites is 1. The predicted octanol–water partition coefficient (Wildman–Crippen LogP) is 3.32. The molecule has 10 heteroatoms. The SMILES string of the molecule is C=CS(=O)(=O)N1CCCC(n2nc(-c3ccc(Oc4ccccc4)cc3)c(C(=N)N)c2N)C1. The average Bonchev–Trinajstić information content (AvgIpc) is 3.17. The van der Waals surface area contributed by atoms with Crippen LogP contribution in [0.15, 0.2) is 66.6 Å². The molecule has 1 aliphatic heterocycles. The molecule has 0 spiro atoms. The molecule has 0 bridgehead atoms. The summed E-state index contributed by atoms with van der Waals surface area (Å²) in [7, 11) is -3.54. The van der Waals surface area contributed by atoms with Gasteiger partial charge in [-0.3, -0.25) is 5.41 Å². The van der Waals surface area contributed by atoms with Crippen LogP contribution in [0, 0.1) is 5.41 Å². The Kier molecular flexibility index (Phi) is 6.21. The van der Waals surface area contributed by atoms with Gasteiger partial charge in [-0.2, -0.15) is 9.40 Å². The van der Waals surface area contributed by atoms with E-state index >= 15 is 0 Å². The second-order valence-electron chi connectivity index (χ2n) is 7.77. The van der Waals surface area contributed by atoms with Gasteiger partial charge in [0.25, 0.3) is 0 Å². The summed E-state index contributed by atoms with van der Waals surface area (Å²) in [6.45, 7) is 4.05. The number of hydrogen-bond acceptors (Lipinski definition) is 6. The lowest BCUT2D eigenvalue weighted by atomic mass is 10.1. The summed E-state index contributed by atoms with van der Waals surface area (Å²) in [4.78, 5) is 0. The van der Waals surface area contributed by atoms with Gasteiger partial charge in [-0.25, -0.2) is 13.1 Å². The molecule has 1 fully saturated rings. The van der Waals surface area contributed by atoms with Crippen LogP contribution in [-0.2, 0) is 10.0 Å². The van der Waals surface area contributed by atoms with Gasteiger partial charge in [-0.1, -0.05) is 24.8 Å². The van der Waals surface area contributed by atoms with Crippen LogP contribution in [0.2, 0.25) is 0 Å². The molecule has 1 saturated heterocycles. The van der Waals surface area contributed by atoms with Crippen molar-refractivity contribution in [3.8, 4) is 22.8 Å². The maximum absolute atomic E-state index is 12.3. The second kappa shape index (κ2) is 9.08.